The van der Waals surface area contributed by atoms with Crippen LogP contribution in [0.1, 0.15) is 20.8 Å². The molecule has 0 aromatic rings. The molecule has 0 saturated carbocycles. The van der Waals surface area contributed by atoms with Gasteiger partial charge in [0.1, 0.15) is 0 Å². The number of rotatable bonds is 0. The Bertz CT molecular complexity index is 65.4. The first kappa shape index (κ1) is 8.29. The lowest BCUT2D eigenvalue weighted by atomic mass is 9.97. The van der Waals surface area contributed by atoms with E-state index >= 15 is 0 Å². The zero-order valence-electron chi connectivity index (χ0n) is 5.33. The summed E-state index contributed by atoms with van der Waals surface area (Å²) in [7, 11) is 1.53. The molecule has 1 atom stereocenters. The van der Waals surface area contributed by atoms with Crippen molar-refractivity contribution in [2.24, 2.45) is 5.41 Å². The third-order valence-corrected chi connectivity index (χ3v) is 1.87. The summed E-state index contributed by atoms with van der Waals surface area (Å²) in [6, 6.07) is 0. The molecule has 0 rings (SSSR count). The lowest BCUT2D eigenvalue weighted by molar-refractivity contribution is -0.00683. The molecule has 0 fully saturated rings. The van der Waals surface area contributed by atoms with Gasteiger partial charge in [-0.25, -0.2) is 8.78 Å². The van der Waals surface area contributed by atoms with Gasteiger partial charge in [-0.05, 0) is 0 Å². The van der Waals surface area contributed by atoms with E-state index in [1.165, 1.54) is 30.0 Å². The number of alkyl halides is 2. The lowest BCUT2D eigenvalue weighted by Crippen LogP contribution is -2.26. The smallest absolute Gasteiger partial charge is 0.202 e. The van der Waals surface area contributed by atoms with Gasteiger partial charge in [0.15, 0.2) is 0 Å². The van der Waals surface area contributed by atoms with Crippen LogP contribution in [0.15, 0.2) is 0 Å². The monoisotopic (exact) mass is 140 g/mol. The Kier molecular flexibility index (Phi) is 1.98. The minimum Gasteiger partial charge on any atom is -0.202 e. The SMILES string of the molecule is CC(C)(C)C(F)(F)P. The van der Waals surface area contributed by atoms with Gasteiger partial charge >= 0.3 is 0 Å². The van der Waals surface area contributed by atoms with Crippen LogP contribution < -0.4 is 0 Å². The second kappa shape index (κ2) is 1.91. The van der Waals surface area contributed by atoms with Crippen molar-refractivity contribution in [2.45, 2.75) is 26.4 Å². The Morgan fingerprint density at radius 2 is 1.25 bits per heavy atom. The summed E-state index contributed by atoms with van der Waals surface area (Å²) < 4.78 is 24.4. The maximum Gasteiger partial charge on any atom is 0.263 e. The Labute approximate surface area is 50.9 Å². The second-order valence-corrected chi connectivity index (χ2v) is 3.60. The predicted octanol–water partition coefficient (Wildman–Crippen LogP) is 2.50. The summed E-state index contributed by atoms with van der Waals surface area (Å²) in [6.45, 7) is 4.50. The van der Waals surface area contributed by atoms with Crippen LogP contribution >= 0.6 is 9.24 Å². The Hall–Kier alpha value is 0.290. The zero-order chi connectivity index (χ0) is 7.00. The first-order valence-electron chi connectivity index (χ1n) is 2.42. The lowest BCUT2D eigenvalue weighted by Gasteiger charge is -2.25. The molecule has 0 aliphatic heterocycles. The molecule has 0 amide bonds. The highest BCUT2D eigenvalue weighted by Gasteiger charge is 2.37. The van der Waals surface area contributed by atoms with E-state index in [-0.39, 0.29) is 0 Å². The highest BCUT2D eigenvalue weighted by Crippen LogP contribution is 2.40. The normalized spacial score (nSPS) is 14.2. The summed E-state index contributed by atoms with van der Waals surface area (Å²) in [4.78, 5) is 0. The fraction of sp³-hybridized carbons (Fsp3) is 1.00. The number of hydrogen-bond acceptors (Lipinski definition) is 0. The number of halogens is 2. The molecule has 50 valence electrons. The van der Waals surface area contributed by atoms with E-state index in [2.05, 4.69) is 0 Å². The van der Waals surface area contributed by atoms with Gasteiger partial charge in [0.2, 0.25) is 0 Å². The van der Waals surface area contributed by atoms with Crippen LogP contribution in [0.5, 0.6) is 0 Å². The molecule has 0 radical (unpaired) electrons. The van der Waals surface area contributed by atoms with E-state index in [0.29, 0.717) is 0 Å². The number of hydrogen-bond donors (Lipinski definition) is 0. The van der Waals surface area contributed by atoms with Gasteiger partial charge in [-0.15, -0.1) is 0 Å². The van der Waals surface area contributed by atoms with E-state index in [0.717, 1.165) is 0 Å². The standard InChI is InChI=1S/C5H11F2P/c1-4(2,3)5(6,7)8/h8H2,1-3H3. The molecule has 0 nitrogen and oxygen atoms in total. The van der Waals surface area contributed by atoms with Crippen molar-refractivity contribution < 1.29 is 8.78 Å². The first-order valence-corrected chi connectivity index (χ1v) is 2.99. The topological polar surface area (TPSA) is 0 Å². The fourth-order valence-electron chi connectivity index (χ4n) is 0. The predicted molar refractivity (Wildman–Crippen MR) is 34.1 cm³/mol. The maximum absolute atomic E-state index is 12.2. The highest BCUT2D eigenvalue weighted by atomic mass is 31.0. The van der Waals surface area contributed by atoms with E-state index < -0.39 is 11.1 Å². The van der Waals surface area contributed by atoms with Crippen molar-refractivity contribution in [3.8, 4) is 0 Å². The molecule has 0 aromatic carbocycles. The fourth-order valence-corrected chi connectivity index (χ4v) is 0. The molecular formula is C5H11F2P. The van der Waals surface area contributed by atoms with Gasteiger partial charge in [0.25, 0.3) is 5.66 Å². The molecule has 0 N–H and O–H groups in total. The molecule has 0 aliphatic rings. The van der Waals surface area contributed by atoms with Gasteiger partial charge in [-0.1, -0.05) is 30.0 Å². The van der Waals surface area contributed by atoms with Gasteiger partial charge in [0.05, 0.1) is 0 Å². The van der Waals surface area contributed by atoms with Crippen LogP contribution in [0.3, 0.4) is 0 Å². The van der Waals surface area contributed by atoms with E-state index in [4.69, 9.17) is 0 Å². The molecule has 1 unspecified atom stereocenters. The zero-order valence-corrected chi connectivity index (χ0v) is 6.49. The van der Waals surface area contributed by atoms with Crippen LogP contribution in [0.25, 0.3) is 0 Å². The van der Waals surface area contributed by atoms with Crippen molar-refractivity contribution in [1.82, 2.24) is 0 Å². The van der Waals surface area contributed by atoms with Crippen LogP contribution in [-0.2, 0) is 0 Å². The Balaban J connectivity index is 4.02. The second-order valence-electron chi connectivity index (χ2n) is 2.87. The van der Waals surface area contributed by atoms with Crippen LogP contribution in [0, 0.1) is 5.41 Å². The quantitative estimate of drug-likeness (QED) is 0.453. The molecule has 0 aliphatic carbocycles. The molecule has 0 bridgehead atoms. The van der Waals surface area contributed by atoms with Crippen molar-refractivity contribution in [3.63, 3.8) is 0 Å². The molecule has 3 heteroatoms. The minimum absolute atomic E-state index is 0.933. The van der Waals surface area contributed by atoms with Crippen LogP contribution in [0.2, 0.25) is 0 Å². The summed E-state index contributed by atoms with van der Waals surface area (Å²) in [5, 5.41) is 0. The van der Waals surface area contributed by atoms with E-state index in [9.17, 15) is 8.78 Å². The summed E-state index contributed by atoms with van der Waals surface area (Å²) in [5.74, 6) is 0. The molecular weight excluding hydrogens is 129 g/mol. The average Bonchev–Trinajstić information content (AvgIpc) is 1.25. The average molecular weight is 140 g/mol. The van der Waals surface area contributed by atoms with Crippen molar-refractivity contribution >= 4 is 9.24 Å². The van der Waals surface area contributed by atoms with Crippen molar-refractivity contribution in [3.05, 3.63) is 0 Å². The molecule has 8 heavy (non-hydrogen) atoms. The van der Waals surface area contributed by atoms with Gasteiger partial charge in [0, 0.05) is 5.41 Å². The minimum atomic E-state index is -2.65. The van der Waals surface area contributed by atoms with Gasteiger partial charge < -0.3 is 0 Å². The molecule has 0 aromatic heterocycles. The van der Waals surface area contributed by atoms with E-state index in [1.54, 1.807) is 0 Å². The summed E-state index contributed by atoms with van der Waals surface area (Å²) in [6.07, 6.45) is 0. The molecule has 0 heterocycles. The van der Waals surface area contributed by atoms with Gasteiger partial charge in [-0.2, -0.15) is 0 Å². The van der Waals surface area contributed by atoms with Crippen LogP contribution in [-0.4, -0.2) is 5.66 Å². The highest BCUT2D eigenvalue weighted by molar-refractivity contribution is 7.18. The summed E-state index contributed by atoms with van der Waals surface area (Å²) >= 11 is 0. The molecule has 0 spiro atoms. The third-order valence-electron chi connectivity index (χ3n) is 1.000. The maximum atomic E-state index is 12.2. The largest absolute Gasteiger partial charge is 0.263 e. The van der Waals surface area contributed by atoms with E-state index in [1.807, 2.05) is 0 Å². The van der Waals surface area contributed by atoms with Crippen molar-refractivity contribution in [1.29, 1.82) is 0 Å². The van der Waals surface area contributed by atoms with Crippen molar-refractivity contribution in [2.75, 3.05) is 0 Å². The first-order chi connectivity index (χ1) is 3.25. The van der Waals surface area contributed by atoms with Crippen LogP contribution in [0.4, 0.5) is 8.78 Å². The van der Waals surface area contributed by atoms with Gasteiger partial charge in [-0.3, -0.25) is 0 Å². The summed E-state index contributed by atoms with van der Waals surface area (Å²) in [5.41, 5.74) is -3.58. The Morgan fingerprint density at radius 3 is 1.25 bits per heavy atom. The third kappa shape index (κ3) is 2.04. The molecule has 0 saturated heterocycles. The Morgan fingerprint density at radius 1 is 1.12 bits per heavy atom.